The molecule has 0 aromatic carbocycles. The lowest BCUT2D eigenvalue weighted by atomic mass is 10.2. The molecule has 0 aliphatic heterocycles. The van der Waals surface area contributed by atoms with Gasteiger partial charge in [-0.3, -0.25) is 27.1 Å². The van der Waals surface area contributed by atoms with Gasteiger partial charge in [0.25, 0.3) is 0 Å². The predicted octanol–water partition coefficient (Wildman–Crippen LogP) is 8.07. The summed E-state index contributed by atoms with van der Waals surface area (Å²) in [6, 6.07) is -0.233. The standard InChI is InChI=1S/C9H20ClO4P.C9H20IO4P/c2*1-8(2,3)13-15(11,12-7-10)14-9(4,5)6/h2*7H2,1-6H3. The number of phosphoric ester groups is 2. The first-order chi connectivity index (χ1) is 12.9. The van der Waals surface area contributed by atoms with Gasteiger partial charge in [-0.25, -0.2) is 9.13 Å². The van der Waals surface area contributed by atoms with Crippen LogP contribution < -0.4 is 0 Å². The molecule has 0 amide bonds. The van der Waals surface area contributed by atoms with Crippen LogP contribution in [0.4, 0.5) is 0 Å². The third-order valence-electron chi connectivity index (χ3n) is 1.96. The van der Waals surface area contributed by atoms with Gasteiger partial charge >= 0.3 is 15.6 Å². The number of alkyl halides is 2. The Morgan fingerprint density at radius 3 is 1.00 bits per heavy atom. The molecule has 0 N–H and O–H groups in total. The minimum absolute atomic E-state index is 0.233. The van der Waals surface area contributed by atoms with Gasteiger partial charge in [0.15, 0.2) is 0 Å². The van der Waals surface area contributed by atoms with Gasteiger partial charge in [-0.05, 0) is 83.1 Å². The van der Waals surface area contributed by atoms with E-state index >= 15 is 0 Å². The van der Waals surface area contributed by atoms with Gasteiger partial charge in [-0.15, -0.1) is 0 Å². The third-order valence-corrected chi connectivity index (χ3v) is 7.00. The van der Waals surface area contributed by atoms with Crippen molar-refractivity contribution in [1.29, 1.82) is 0 Å². The molecule has 0 heterocycles. The fraction of sp³-hybridized carbons (Fsp3) is 1.00. The molecule has 0 fully saturated rings. The van der Waals surface area contributed by atoms with Crippen LogP contribution in [0.1, 0.15) is 83.1 Å². The molecule has 0 atom stereocenters. The van der Waals surface area contributed by atoms with Gasteiger partial charge in [0.05, 0.1) is 22.4 Å². The largest absolute Gasteiger partial charge is 0.476 e. The van der Waals surface area contributed by atoms with Crippen LogP contribution in [0.25, 0.3) is 0 Å². The van der Waals surface area contributed by atoms with Gasteiger partial charge in [0, 0.05) is 0 Å². The zero-order valence-electron chi connectivity index (χ0n) is 20.3. The van der Waals surface area contributed by atoms with Crippen molar-refractivity contribution in [2.24, 2.45) is 0 Å². The molecule has 0 aliphatic rings. The molecular weight excluding hydrogens is 568 g/mol. The van der Waals surface area contributed by atoms with Gasteiger partial charge in [0.1, 0.15) is 10.7 Å². The van der Waals surface area contributed by atoms with Crippen LogP contribution in [0.5, 0.6) is 0 Å². The van der Waals surface area contributed by atoms with E-state index in [2.05, 4.69) is 0 Å². The Labute approximate surface area is 201 Å². The summed E-state index contributed by atoms with van der Waals surface area (Å²) in [5.74, 6) is 0. The summed E-state index contributed by atoms with van der Waals surface area (Å²) in [4.78, 5) is 0. The third kappa shape index (κ3) is 21.1. The highest BCUT2D eigenvalue weighted by atomic mass is 127. The van der Waals surface area contributed by atoms with E-state index < -0.39 is 38.0 Å². The van der Waals surface area contributed by atoms with Crippen molar-refractivity contribution in [1.82, 2.24) is 0 Å². The second kappa shape index (κ2) is 12.6. The Morgan fingerprint density at radius 1 is 0.600 bits per heavy atom. The average Bonchev–Trinajstić information content (AvgIpc) is 2.28. The van der Waals surface area contributed by atoms with E-state index in [4.69, 9.17) is 38.7 Å². The molecule has 30 heavy (non-hydrogen) atoms. The van der Waals surface area contributed by atoms with Crippen LogP contribution in [0.2, 0.25) is 0 Å². The number of hydrogen-bond acceptors (Lipinski definition) is 8. The Bertz CT molecular complexity index is 497. The molecule has 0 saturated heterocycles. The lowest BCUT2D eigenvalue weighted by molar-refractivity contribution is 0.00737. The first-order valence-electron chi connectivity index (χ1n) is 9.39. The Morgan fingerprint density at radius 2 is 0.833 bits per heavy atom. The van der Waals surface area contributed by atoms with Crippen LogP contribution in [0.15, 0.2) is 0 Å². The lowest BCUT2D eigenvalue weighted by Gasteiger charge is -2.30. The molecule has 0 aromatic heterocycles. The summed E-state index contributed by atoms with van der Waals surface area (Å²) in [6.45, 7) is 21.4. The van der Waals surface area contributed by atoms with Gasteiger partial charge < -0.3 is 0 Å². The zero-order valence-corrected chi connectivity index (χ0v) is 25.0. The van der Waals surface area contributed by atoms with Crippen molar-refractivity contribution >= 4 is 49.8 Å². The fourth-order valence-electron chi connectivity index (χ4n) is 1.60. The smallest absolute Gasteiger partial charge is 0.281 e. The highest BCUT2D eigenvalue weighted by Gasteiger charge is 2.37. The van der Waals surface area contributed by atoms with Crippen molar-refractivity contribution in [3.05, 3.63) is 0 Å². The summed E-state index contributed by atoms with van der Waals surface area (Å²) < 4.78 is 55.7. The Kier molecular flexibility index (Phi) is 14.1. The maximum absolute atomic E-state index is 12.2. The second-order valence-corrected chi connectivity index (χ2v) is 14.1. The first-order valence-corrected chi connectivity index (χ1v) is 14.4. The molecule has 0 spiro atoms. The second-order valence-electron chi connectivity index (χ2n) is 10.2. The Hall–Kier alpha value is 1.24. The maximum atomic E-state index is 12.2. The fourth-order valence-corrected chi connectivity index (χ4v) is 6.19. The summed E-state index contributed by atoms with van der Waals surface area (Å²) in [6.07, 6.45) is 0. The lowest BCUT2D eigenvalue weighted by Crippen LogP contribution is -2.24. The van der Waals surface area contributed by atoms with E-state index in [1.165, 1.54) is 0 Å². The van der Waals surface area contributed by atoms with E-state index in [0.717, 1.165) is 0 Å². The number of phosphoric acid groups is 2. The molecule has 0 unspecified atom stereocenters. The molecule has 0 saturated carbocycles. The molecule has 0 bridgehead atoms. The number of hydrogen-bond donors (Lipinski definition) is 0. The van der Waals surface area contributed by atoms with E-state index in [9.17, 15) is 9.13 Å². The van der Waals surface area contributed by atoms with E-state index in [-0.39, 0.29) is 10.7 Å². The molecule has 0 aliphatic carbocycles. The monoisotopic (exact) mass is 608 g/mol. The SMILES string of the molecule is CC(C)(C)OP(=O)(OCCl)OC(C)(C)C.CC(C)(C)OP(=O)(OCI)OC(C)(C)C. The van der Waals surface area contributed by atoms with Crippen molar-refractivity contribution in [2.45, 2.75) is 105 Å². The van der Waals surface area contributed by atoms with E-state index in [1.54, 1.807) is 41.5 Å². The van der Waals surface area contributed by atoms with Crippen molar-refractivity contribution in [2.75, 3.05) is 10.7 Å². The zero-order chi connectivity index (χ0) is 24.7. The quantitative estimate of drug-likeness (QED) is 0.155. The van der Waals surface area contributed by atoms with Crippen LogP contribution in [0, 0.1) is 0 Å². The van der Waals surface area contributed by atoms with Gasteiger partial charge in [-0.2, -0.15) is 0 Å². The van der Waals surface area contributed by atoms with Crippen LogP contribution >= 0.6 is 49.8 Å². The van der Waals surface area contributed by atoms with Crippen LogP contribution in [-0.4, -0.2) is 33.1 Å². The van der Waals surface area contributed by atoms with Crippen LogP contribution in [0.3, 0.4) is 0 Å². The van der Waals surface area contributed by atoms with Crippen molar-refractivity contribution in [3.63, 3.8) is 0 Å². The molecule has 12 heteroatoms. The molecule has 184 valence electrons. The molecule has 0 radical (unpaired) electrons. The number of halogens is 2. The van der Waals surface area contributed by atoms with Crippen LogP contribution in [-0.2, 0) is 36.3 Å². The van der Waals surface area contributed by atoms with Crippen molar-refractivity contribution in [3.8, 4) is 0 Å². The summed E-state index contributed by atoms with van der Waals surface area (Å²) in [7, 11) is -7.06. The number of rotatable bonds is 8. The summed E-state index contributed by atoms with van der Waals surface area (Å²) >= 11 is 7.35. The van der Waals surface area contributed by atoms with E-state index in [1.807, 2.05) is 64.1 Å². The normalized spacial score (nSPS) is 14.3. The van der Waals surface area contributed by atoms with Crippen molar-refractivity contribution < 1.29 is 36.3 Å². The highest BCUT2D eigenvalue weighted by Crippen LogP contribution is 2.56. The minimum atomic E-state index is -3.59. The molecular formula is C18H40ClIO8P2. The molecule has 8 nitrogen and oxygen atoms in total. The molecule has 0 aromatic rings. The summed E-state index contributed by atoms with van der Waals surface area (Å²) in [5, 5.41) is 0. The maximum Gasteiger partial charge on any atom is 0.476 e. The highest BCUT2D eigenvalue weighted by molar-refractivity contribution is 14.1. The molecule has 0 rings (SSSR count). The topological polar surface area (TPSA) is 89.5 Å². The first kappa shape index (κ1) is 33.4. The summed E-state index contributed by atoms with van der Waals surface area (Å²) in [5.41, 5.74) is -2.36. The Balaban J connectivity index is 0. The average molecular weight is 609 g/mol. The van der Waals surface area contributed by atoms with E-state index in [0.29, 0.717) is 0 Å². The minimum Gasteiger partial charge on any atom is -0.281 e. The predicted molar refractivity (Wildman–Crippen MR) is 130 cm³/mol. The van der Waals surface area contributed by atoms with Gasteiger partial charge in [0.2, 0.25) is 0 Å². The van der Waals surface area contributed by atoms with Gasteiger partial charge in [-0.1, -0.05) is 34.2 Å².